The number of rotatable bonds is 3. The highest BCUT2D eigenvalue weighted by Crippen LogP contribution is 2.22. The van der Waals surface area contributed by atoms with Gasteiger partial charge in [0.25, 0.3) is 5.91 Å². The van der Waals surface area contributed by atoms with E-state index in [9.17, 15) is 18.4 Å². The van der Waals surface area contributed by atoms with Gasteiger partial charge in [-0.3, -0.25) is 4.79 Å². The summed E-state index contributed by atoms with van der Waals surface area (Å²) in [5.41, 5.74) is -0.713. The number of aliphatic carboxylic acids is 1. The Hall–Kier alpha value is -2.24. The average Bonchev–Trinajstić information content (AvgIpc) is 2.37. The number of hydrogen-bond donors (Lipinski definition) is 2. The van der Waals surface area contributed by atoms with Crippen LogP contribution in [-0.4, -0.2) is 17.0 Å². The number of nitrogens with one attached hydrogen (secondary N) is 1. The van der Waals surface area contributed by atoms with E-state index < -0.39 is 29.2 Å². The lowest BCUT2D eigenvalue weighted by Gasteiger charge is -2.10. The average molecular weight is 269 g/mol. The summed E-state index contributed by atoms with van der Waals surface area (Å²) in [6, 6.07) is 2.27. The van der Waals surface area contributed by atoms with Crippen LogP contribution >= 0.6 is 0 Å². The van der Waals surface area contributed by atoms with Crippen LogP contribution in [0.3, 0.4) is 0 Å². The van der Waals surface area contributed by atoms with Crippen LogP contribution in [0.5, 0.6) is 0 Å². The standard InChI is InChI=1S/C13H13F2NO3/c1-6-4-5-9(14)11(10(6)15)16-12(17)7(2)8(3)13(18)19/h4-5H,1-3H3,(H,16,17)(H,18,19)/b8-7+. The van der Waals surface area contributed by atoms with E-state index in [0.717, 1.165) is 6.07 Å². The zero-order valence-electron chi connectivity index (χ0n) is 10.7. The molecule has 19 heavy (non-hydrogen) atoms. The van der Waals surface area contributed by atoms with E-state index in [-0.39, 0.29) is 16.7 Å². The maximum absolute atomic E-state index is 13.7. The van der Waals surface area contributed by atoms with Gasteiger partial charge in [-0.15, -0.1) is 0 Å². The van der Waals surface area contributed by atoms with Gasteiger partial charge in [0.15, 0.2) is 5.82 Å². The summed E-state index contributed by atoms with van der Waals surface area (Å²) in [5.74, 6) is -3.92. The Balaban J connectivity index is 3.12. The highest BCUT2D eigenvalue weighted by atomic mass is 19.1. The number of amides is 1. The van der Waals surface area contributed by atoms with Crippen molar-refractivity contribution >= 4 is 17.6 Å². The van der Waals surface area contributed by atoms with E-state index >= 15 is 0 Å². The molecule has 0 fully saturated rings. The summed E-state index contributed by atoms with van der Waals surface area (Å²) < 4.78 is 27.1. The maximum Gasteiger partial charge on any atom is 0.331 e. The lowest BCUT2D eigenvalue weighted by Crippen LogP contribution is -2.18. The molecule has 0 atom stereocenters. The molecule has 1 amide bonds. The molecule has 0 aliphatic rings. The van der Waals surface area contributed by atoms with Crippen molar-refractivity contribution in [3.05, 3.63) is 40.5 Å². The Morgan fingerprint density at radius 3 is 2.26 bits per heavy atom. The highest BCUT2D eigenvalue weighted by Gasteiger charge is 2.17. The van der Waals surface area contributed by atoms with Gasteiger partial charge in [-0.25, -0.2) is 13.6 Å². The molecule has 1 rings (SSSR count). The fraction of sp³-hybridized carbons (Fsp3) is 0.231. The quantitative estimate of drug-likeness (QED) is 0.829. The summed E-state index contributed by atoms with van der Waals surface area (Å²) >= 11 is 0. The molecule has 102 valence electrons. The van der Waals surface area contributed by atoms with Gasteiger partial charge in [-0.1, -0.05) is 6.07 Å². The SMILES string of the molecule is C/C(C(=O)O)=C(/C)C(=O)Nc1c(F)ccc(C)c1F. The minimum absolute atomic E-state index is 0.118. The molecule has 0 aliphatic heterocycles. The van der Waals surface area contributed by atoms with Crippen molar-refractivity contribution in [3.63, 3.8) is 0 Å². The molecule has 1 aromatic rings. The Bertz CT molecular complexity index is 579. The smallest absolute Gasteiger partial charge is 0.331 e. The first-order valence-corrected chi connectivity index (χ1v) is 5.42. The largest absolute Gasteiger partial charge is 0.478 e. The number of halogens is 2. The molecule has 0 saturated carbocycles. The van der Waals surface area contributed by atoms with E-state index in [1.165, 1.54) is 26.8 Å². The normalized spacial score (nSPS) is 11.8. The van der Waals surface area contributed by atoms with Gasteiger partial charge in [0.1, 0.15) is 11.5 Å². The number of anilines is 1. The van der Waals surface area contributed by atoms with Crippen LogP contribution in [0.4, 0.5) is 14.5 Å². The molecular weight excluding hydrogens is 256 g/mol. The zero-order valence-corrected chi connectivity index (χ0v) is 10.7. The molecule has 0 radical (unpaired) electrons. The molecular formula is C13H13F2NO3. The predicted molar refractivity (Wildman–Crippen MR) is 65.7 cm³/mol. The number of carbonyl (C=O) groups is 2. The van der Waals surface area contributed by atoms with Crippen molar-refractivity contribution in [1.29, 1.82) is 0 Å². The third kappa shape index (κ3) is 3.15. The van der Waals surface area contributed by atoms with Crippen molar-refractivity contribution < 1.29 is 23.5 Å². The van der Waals surface area contributed by atoms with Gasteiger partial charge in [0.2, 0.25) is 0 Å². The Labute approximate surface area is 108 Å². The van der Waals surface area contributed by atoms with Crippen LogP contribution in [0.25, 0.3) is 0 Å². The first kappa shape index (κ1) is 14.8. The van der Waals surface area contributed by atoms with Gasteiger partial charge in [0.05, 0.1) is 0 Å². The first-order chi connectivity index (χ1) is 8.75. The maximum atomic E-state index is 13.7. The van der Waals surface area contributed by atoms with Crippen molar-refractivity contribution in [1.82, 2.24) is 0 Å². The number of carbonyl (C=O) groups excluding carboxylic acids is 1. The van der Waals surface area contributed by atoms with Crippen LogP contribution in [0.15, 0.2) is 23.3 Å². The number of carboxylic acid groups (broad SMARTS) is 1. The van der Waals surface area contributed by atoms with Crippen LogP contribution in [0, 0.1) is 18.6 Å². The molecule has 4 nitrogen and oxygen atoms in total. The van der Waals surface area contributed by atoms with Crippen molar-refractivity contribution in [2.24, 2.45) is 0 Å². The summed E-state index contributed by atoms with van der Waals surface area (Å²) in [6.45, 7) is 3.93. The second-order valence-electron chi connectivity index (χ2n) is 4.06. The summed E-state index contributed by atoms with van der Waals surface area (Å²) in [4.78, 5) is 22.4. The van der Waals surface area contributed by atoms with Crippen LogP contribution in [0.1, 0.15) is 19.4 Å². The number of benzene rings is 1. The molecule has 1 aromatic carbocycles. The molecule has 0 spiro atoms. The monoisotopic (exact) mass is 269 g/mol. The molecule has 6 heteroatoms. The van der Waals surface area contributed by atoms with Crippen molar-refractivity contribution in [2.45, 2.75) is 20.8 Å². The van der Waals surface area contributed by atoms with E-state index in [4.69, 9.17) is 5.11 Å². The van der Waals surface area contributed by atoms with Crippen LogP contribution in [-0.2, 0) is 9.59 Å². The van der Waals surface area contributed by atoms with Gasteiger partial charge in [-0.2, -0.15) is 0 Å². The van der Waals surface area contributed by atoms with E-state index in [0.29, 0.717) is 0 Å². The van der Waals surface area contributed by atoms with E-state index in [1.807, 2.05) is 5.32 Å². The molecule has 0 aliphatic carbocycles. The molecule has 0 aromatic heterocycles. The molecule has 0 saturated heterocycles. The van der Waals surface area contributed by atoms with Crippen molar-refractivity contribution in [3.8, 4) is 0 Å². The number of carboxylic acids is 1. The lowest BCUT2D eigenvalue weighted by molar-refractivity contribution is -0.133. The highest BCUT2D eigenvalue weighted by molar-refractivity contribution is 6.08. The lowest BCUT2D eigenvalue weighted by atomic mass is 10.1. The van der Waals surface area contributed by atoms with E-state index in [2.05, 4.69) is 0 Å². The van der Waals surface area contributed by atoms with Crippen molar-refractivity contribution in [2.75, 3.05) is 5.32 Å². The topological polar surface area (TPSA) is 66.4 Å². The second kappa shape index (κ2) is 5.60. The predicted octanol–water partition coefficient (Wildman–Crippen LogP) is 2.63. The number of hydrogen-bond acceptors (Lipinski definition) is 2. The molecule has 0 heterocycles. The Morgan fingerprint density at radius 1 is 1.16 bits per heavy atom. The first-order valence-electron chi connectivity index (χ1n) is 5.42. The Kier molecular flexibility index (Phi) is 4.37. The minimum Gasteiger partial charge on any atom is -0.478 e. The summed E-state index contributed by atoms with van der Waals surface area (Å²) in [6.07, 6.45) is 0. The van der Waals surface area contributed by atoms with Gasteiger partial charge < -0.3 is 10.4 Å². The Morgan fingerprint density at radius 2 is 1.74 bits per heavy atom. The molecule has 0 bridgehead atoms. The molecule has 2 N–H and O–H groups in total. The van der Waals surface area contributed by atoms with Gasteiger partial charge in [-0.05, 0) is 32.4 Å². The third-order valence-corrected chi connectivity index (χ3v) is 2.75. The van der Waals surface area contributed by atoms with Crippen LogP contribution < -0.4 is 5.32 Å². The van der Waals surface area contributed by atoms with Gasteiger partial charge >= 0.3 is 5.97 Å². The summed E-state index contributed by atoms with van der Waals surface area (Å²) in [7, 11) is 0. The fourth-order valence-electron chi connectivity index (χ4n) is 1.31. The fourth-order valence-corrected chi connectivity index (χ4v) is 1.31. The third-order valence-electron chi connectivity index (χ3n) is 2.75. The zero-order chi connectivity index (χ0) is 14.7. The summed E-state index contributed by atoms with van der Waals surface area (Å²) in [5, 5.41) is 10.8. The van der Waals surface area contributed by atoms with Crippen LogP contribution in [0.2, 0.25) is 0 Å². The van der Waals surface area contributed by atoms with Gasteiger partial charge in [0, 0.05) is 11.1 Å². The molecule has 0 unspecified atom stereocenters. The second-order valence-corrected chi connectivity index (χ2v) is 4.06. The van der Waals surface area contributed by atoms with E-state index in [1.54, 1.807) is 0 Å². The minimum atomic E-state index is -1.27. The number of aryl methyl sites for hydroxylation is 1.